The van der Waals surface area contributed by atoms with Crippen LogP contribution in [0.1, 0.15) is 20.8 Å². The van der Waals surface area contributed by atoms with E-state index < -0.39 is 0 Å². The molecule has 0 atom stereocenters. The Labute approximate surface area is 50.2 Å². The summed E-state index contributed by atoms with van der Waals surface area (Å²) >= 11 is 5.56. The maximum Gasteiger partial charge on any atom is 0.0162 e. The minimum atomic E-state index is 0.0710. The van der Waals surface area contributed by atoms with Gasteiger partial charge in [-0.15, -0.1) is 0 Å². The van der Waals surface area contributed by atoms with Crippen molar-refractivity contribution < 1.29 is 0 Å². The molecule has 0 aromatic heterocycles. The molecule has 0 unspecified atom stereocenters. The van der Waals surface area contributed by atoms with Crippen molar-refractivity contribution in [3.8, 4) is 0 Å². The maximum absolute atomic E-state index is 5.56. The molecule has 0 aliphatic rings. The van der Waals surface area contributed by atoms with Crippen molar-refractivity contribution in [2.45, 2.75) is 20.8 Å². The molecular weight excluding hydrogens is 108 g/mol. The Morgan fingerprint density at radius 2 is 1.57 bits per heavy atom. The van der Waals surface area contributed by atoms with Crippen LogP contribution in [0.15, 0.2) is 11.6 Å². The molecule has 0 fully saturated rings. The van der Waals surface area contributed by atoms with E-state index in [4.69, 9.17) is 11.6 Å². The first-order chi connectivity index (χ1) is 2.94. The van der Waals surface area contributed by atoms with Gasteiger partial charge in [0.05, 0.1) is 0 Å². The fourth-order valence-corrected chi connectivity index (χ4v) is 0. The van der Waals surface area contributed by atoms with Crippen molar-refractivity contribution in [3.63, 3.8) is 0 Å². The predicted octanol–water partition coefficient (Wildman–Crippen LogP) is 2.79. The lowest BCUT2D eigenvalue weighted by atomic mass is 9.97. The average Bonchev–Trinajstić information content (AvgIpc) is 1.31. The topological polar surface area (TPSA) is 0 Å². The van der Waals surface area contributed by atoms with Crippen molar-refractivity contribution in [1.82, 2.24) is 0 Å². The summed E-state index contributed by atoms with van der Waals surface area (Å²) in [5, 5.41) is 0.715. The molecule has 1 heteroatoms. The number of allylic oxidation sites excluding steroid dienone is 1. The first kappa shape index (κ1) is 7.03. The highest BCUT2D eigenvalue weighted by atomic mass is 35.5. The van der Waals surface area contributed by atoms with Gasteiger partial charge in [0.1, 0.15) is 0 Å². The molecule has 0 aromatic carbocycles. The third-order valence-electron chi connectivity index (χ3n) is 0.814. The smallest absolute Gasteiger partial charge is 0.0162 e. The van der Waals surface area contributed by atoms with E-state index in [1.165, 1.54) is 0 Å². The fourth-order valence-electron chi connectivity index (χ4n) is 0. The number of halogens is 1. The molecule has 0 N–H and O–H groups in total. The Kier molecular flexibility index (Phi) is 1.88. The third-order valence-corrected chi connectivity index (χ3v) is 1.38. The highest BCUT2D eigenvalue weighted by Crippen LogP contribution is 2.25. The minimum absolute atomic E-state index is 0.0710. The summed E-state index contributed by atoms with van der Waals surface area (Å²) in [7, 11) is 0. The summed E-state index contributed by atoms with van der Waals surface area (Å²) in [6, 6.07) is 0. The van der Waals surface area contributed by atoms with Crippen LogP contribution in [0.3, 0.4) is 0 Å². The lowest BCUT2D eigenvalue weighted by molar-refractivity contribution is 0.532. The second-order valence-corrected chi connectivity index (χ2v) is 3.11. The monoisotopic (exact) mass is 118 g/mol. The molecule has 0 nitrogen and oxygen atoms in total. The predicted molar refractivity (Wildman–Crippen MR) is 34.4 cm³/mol. The third kappa shape index (κ3) is 2.69. The van der Waals surface area contributed by atoms with E-state index in [0.29, 0.717) is 5.03 Å². The van der Waals surface area contributed by atoms with Gasteiger partial charge in [0.2, 0.25) is 0 Å². The molecule has 0 aliphatic heterocycles. The number of hydrogen-bond donors (Lipinski definition) is 0. The minimum Gasteiger partial charge on any atom is -0.0892 e. The fraction of sp³-hybridized carbons (Fsp3) is 0.667. The van der Waals surface area contributed by atoms with Crippen molar-refractivity contribution in [2.75, 3.05) is 0 Å². The van der Waals surface area contributed by atoms with Crippen LogP contribution < -0.4 is 0 Å². The van der Waals surface area contributed by atoms with Gasteiger partial charge in [-0.1, -0.05) is 39.0 Å². The van der Waals surface area contributed by atoms with Crippen LogP contribution in [-0.2, 0) is 0 Å². The zero-order valence-electron chi connectivity index (χ0n) is 5.09. The quantitative estimate of drug-likeness (QED) is 0.459. The van der Waals surface area contributed by atoms with Crippen LogP contribution in [0.5, 0.6) is 0 Å². The zero-order chi connectivity index (χ0) is 6.08. The van der Waals surface area contributed by atoms with Crippen molar-refractivity contribution in [3.05, 3.63) is 11.6 Å². The first-order valence-corrected chi connectivity index (χ1v) is 2.67. The van der Waals surface area contributed by atoms with E-state index in [9.17, 15) is 0 Å². The van der Waals surface area contributed by atoms with Crippen molar-refractivity contribution >= 4 is 11.6 Å². The van der Waals surface area contributed by atoms with Gasteiger partial charge < -0.3 is 0 Å². The van der Waals surface area contributed by atoms with Gasteiger partial charge in [-0.2, -0.15) is 0 Å². The summed E-state index contributed by atoms with van der Waals surface area (Å²) in [6.07, 6.45) is 0. The zero-order valence-corrected chi connectivity index (χ0v) is 5.84. The standard InChI is InChI=1S/C6H11Cl/c1-5(7)6(2,3)4/h1H2,2-4H3. The summed E-state index contributed by atoms with van der Waals surface area (Å²) in [5.41, 5.74) is 0.0710. The van der Waals surface area contributed by atoms with Crippen LogP contribution >= 0.6 is 11.6 Å². The Hall–Kier alpha value is 0.0300. The van der Waals surface area contributed by atoms with Gasteiger partial charge >= 0.3 is 0 Å². The molecule has 0 saturated carbocycles. The molecule has 0 rings (SSSR count). The molecule has 0 saturated heterocycles. The average molecular weight is 119 g/mol. The van der Waals surface area contributed by atoms with Gasteiger partial charge in [-0.25, -0.2) is 0 Å². The lowest BCUT2D eigenvalue weighted by Crippen LogP contribution is -2.02. The van der Waals surface area contributed by atoms with Gasteiger partial charge in [0.25, 0.3) is 0 Å². The van der Waals surface area contributed by atoms with Crippen molar-refractivity contribution in [2.24, 2.45) is 5.41 Å². The normalized spacial score (nSPS) is 11.4. The Bertz CT molecular complexity index is 76.7. The Balaban J connectivity index is 3.79. The molecule has 42 valence electrons. The maximum atomic E-state index is 5.56. The number of rotatable bonds is 0. The molecule has 0 heterocycles. The second-order valence-electron chi connectivity index (χ2n) is 2.65. The summed E-state index contributed by atoms with van der Waals surface area (Å²) < 4.78 is 0. The van der Waals surface area contributed by atoms with Gasteiger partial charge in [0, 0.05) is 5.03 Å². The molecule has 0 aromatic rings. The molecular formula is C6H11Cl. The van der Waals surface area contributed by atoms with E-state index in [0.717, 1.165) is 0 Å². The second kappa shape index (κ2) is 1.87. The highest BCUT2D eigenvalue weighted by molar-refractivity contribution is 6.29. The summed E-state index contributed by atoms with van der Waals surface area (Å²) in [5.74, 6) is 0. The Morgan fingerprint density at radius 1 is 1.43 bits per heavy atom. The van der Waals surface area contributed by atoms with Gasteiger partial charge in [-0.3, -0.25) is 0 Å². The van der Waals surface area contributed by atoms with E-state index in [-0.39, 0.29) is 5.41 Å². The highest BCUT2D eigenvalue weighted by Gasteiger charge is 2.10. The summed E-state index contributed by atoms with van der Waals surface area (Å²) in [6.45, 7) is 9.68. The van der Waals surface area contributed by atoms with Gasteiger partial charge in [0.15, 0.2) is 0 Å². The molecule has 0 amide bonds. The van der Waals surface area contributed by atoms with Crippen LogP contribution in [0, 0.1) is 5.41 Å². The van der Waals surface area contributed by atoms with E-state index in [1.54, 1.807) is 0 Å². The van der Waals surface area contributed by atoms with E-state index in [1.807, 2.05) is 20.8 Å². The van der Waals surface area contributed by atoms with E-state index in [2.05, 4.69) is 6.58 Å². The number of hydrogen-bond acceptors (Lipinski definition) is 0. The van der Waals surface area contributed by atoms with Crippen molar-refractivity contribution in [1.29, 1.82) is 0 Å². The van der Waals surface area contributed by atoms with Crippen LogP contribution in [0.4, 0.5) is 0 Å². The van der Waals surface area contributed by atoms with Crippen LogP contribution in [-0.4, -0.2) is 0 Å². The SMILES string of the molecule is C=C(Cl)C(C)(C)C. The van der Waals surface area contributed by atoms with Gasteiger partial charge in [-0.05, 0) is 5.41 Å². The first-order valence-electron chi connectivity index (χ1n) is 2.29. The molecule has 0 spiro atoms. The molecule has 0 aliphatic carbocycles. The van der Waals surface area contributed by atoms with Crippen LogP contribution in [0.25, 0.3) is 0 Å². The van der Waals surface area contributed by atoms with E-state index >= 15 is 0 Å². The molecule has 0 radical (unpaired) electrons. The lowest BCUT2D eigenvalue weighted by Gasteiger charge is -2.14. The largest absolute Gasteiger partial charge is 0.0892 e. The summed E-state index contributed by atoms with van der Waals surface area (Å²) in [4.78, 5) is 0. The van der Waals surface area contributed by atoms with Crippen LogP contribution in [0.2, 0.25) is 0 Å². The molecule has 0 bridgehead atoms. The molecule has 7 heavy (non-hydrogen) atoms. The Morgan fingerprint density at radius 3 is 1.57 bits per heavy atom.